The van der Waals surface area contributed by atoms with Gasteiger partial charge in [-0.25, -0.2) is 4.57 Å². The maximum absolute atomic E-state index is 10.8. The summed E-state index contributed by atoms with van der Waals surface area (Å²) in [5.74, 6) is 2.89. The third kappa shape index (κ3) is 2.03. The van der Waals surface area contributed by atoms with Crippen molar-refractivity contribution in [2.24, 2.45) is 0 Å². The number of hydrogen-bond acceptors (Lipinski definition) is 3. The fraction of sp³-hybridized carbons (Fsp3) is 0.600. The Morgan fingerprint density at radius 2 is 2.60 bits per heavy atom. The van der Waals surface area contributed by atoms with E-state index >= 15 is 0 Å². The second-order valence-corrected chi connectivity index (χ2v) is 5.82. The predicted octanol–water partition coefficient (Wildman–Crippen LogP) is 1.24. The second-order valence-electron chi connectivity index (χ2n) is 1.85. The highest BCUT2D eigenvalue weighted by Gasteiger charge is 2.29. The van der Waals surface area contributed by atoms with Gasteiger partial charge in [0, 0.05) is 5.75 Å². The zero-order valence-electron chi connectivity index (χ0n) is 5.19. The van der Waals surface area contributed by atoms with Crippen molar-refractivity contribution in [3.05, 3.63) is 0 Å². The van der Waals surface area contributed by atoms with Crippen LogP contribution in [0.5, 0.6) is 0 Å². The standard InChI is InChI=1S/C5H7O3PS/c1-2-5-3-4-10-9(6,7)8-5/h1,5H,3-4H2,(H,6,7). The normalized spacial score (nSPS) is 40.6. The molecule has 1 aliphatic heterocycles. The van der Waals surface area contributed by atoms with E-state index in [9.17, 15) is 4.57 Å². The smallest absolute Gasteiger partial charge is 0.316 e. The van der Waals surface area contributed by atoms with Gasteiger partial charge in [0.05, 0.1) is 0 Å². The fourth-order valence-corrected chi connectivity index (χ4v) is 3.23. The topological polar surface area (TPSA) is 46.5 Å². The van der Waals surface area contributed by atoms with Crippen LogP contribution in [0.4, 0.5) is 0 Å². The molecule has 1 N–H and O–H groups in total. The first kappa shape index (κ1) is 8.16. The quantitative estimate of drug-likeness (QED) is 0.448. The largest absolute Gasteiger partial charge is 0.387 e. The zero-order valence-corrected chi connectivity index (χ0v) is 6.90. The predicted molar refractivity (Wildman–Crippen MR) is 40.6 cm³/mol. The minimum atomic E-state index is -3.39. The Kier molecular flexibility index (Phi) is 2.43. The van der Waals surface area contributed by atoms with Gasteiger partial charge in [-0.15, -0.1) is 6.42 Å². The molecular formula is C5H7O3PS. The van der Waals surface area contributed by atoms with E-state index in [0.717, 1.165) is 11.4 Å². The molecule has 0 spiro atoms. The number of rotatable bonds is 0. The Bertz CT molecular complexity index is 209. The Hall–Kier alpha value is 0.0600. The maximum Gasteiger partial charge on any atom is 0.387 e. The summed E-state index contributed by atoms with van der Waals surface area (Å²) in [7, 11) is 0. The van der Waals surface area contributed by atoms with Crippen molar-refractivity contribution in [2.45, 2.75) is 12.5 Å². The highest BCUT2D eigenvalue weighted by atomic mass is 32.7. The summed E-state index contributed by atoms with van der Waals surface area (Å²) < 4.78 is 15.5. The lowest BCUT2D eigenvalue weighted by Gasteiger charge is -2.21. The van der Waals surface area contributed by atoms with Crippen LogP contribution in [0.1, 0.15) is 6.42 Å². The molecule has 0 saturated carbocycles. The molecule has 5 heteroatoms. The third-order valence-corrected chi connectivity index (χ3v) is 4.13. The molecule has 0 bridgehead atoms. The summed E-state index contributed by atoms with van der Waals surface area (Å²) in [6.45, 7) is -3.39. The van der Waals surface area contributed by atoms with Crippen LogP contribution in [-0.2, 0) is 9.09 Å². The molecule has 0 radical (unpaired) electrons. The van der Waals surface area contributed by atoms with Gasteiger partial charge in [0.1, 0.15) is 6.10 Å². The zero-order chi connectivity index (χ0) is 7.61. The van der Waals surface area contributed by atoms with Crippen LogP contribution in [0.3, 0.4) is 0 Å². The molecule has 1 fully saturated rings. The molecule has 0 aliphatic carbocycles. The minimum absolute atomic E-state index is 0.475. The van der Waals surface area contributed by atoms with Gasteiger partial charge >= 0.3 is 6.80 Å². The molecule has 0 amide bonds. The molecule has 1 heterocycles. The van der Waals surface area contributed by atoms with Crippen LogP contribution in [-0.4, -0.2) is 16.8 Å². The van der Waals surface area contributed by atoms with Crippen molar-refractivity contribution in [3.8, 4) is 12.3 Å². The Balaban J connectivity index is 2.58. The Morgan fingerprint density at radius 3 is 3.00 bits per heavy atom. The highest BCUT2D eigenvalue weighted by molar-refractivity contribution is 8.54. The van der Waals surface area contributed by atoms with E-state index in [1.54, 1.807) is 0 Å². The van der Waals surface area contributed by atoms with Crippen molar-refractivity contribution in [1.82, 2.24) is 0 Å². The summed E-state index contributed by atoms with van der Waals surface area (Å²) in [6, 6.07) is 0. The molecule has 56 valence electrons. The van der Waals surface area contributed by atoms with Crippen LogP contribution < -0.4 is 0 Å². The SMILES string of the molecule is C#CC1CCSP(=O)(O)O1. The van der Waals surface area contributed by atoms with Gasteiger partial charge in [0.25, 0.3) is 0 Å². The van der Waals surface area contributed by atoms with Crippen LogP contribution >= 0.6 is 18.2 Å². The van der Waals surface area contributed by atoms with Gasteiger partial charge in [-0.1, -0.05) is 5.92 Å². The lowest BCUT2D eigenvalue weighted by molar-refractivity contribution is 0.224. The molecule has 0 aromatic heterocycles. The molecular weight excluding hydrogens is 171 g/mol. The molecule has 1 rings (SSSR count). The summed E-state index contributed by atoms with van der Waals surface area (Å²) in [5.41, 5.74) is 0. The van der Waals surface area contributed by atoms with E-state index in [1.165, 1.54) is 0 Å². The molecule has 1 saturated heterocycles. The molecule has 0 aromatic carbocycles. The number of hydrogen-bond donors (Lipinski definition) is 1. The maximum atomic E-state index is 10.8. The lowest BCUT2D eigenvalue weighted by Crippen LogP contribution is -2.13. The van der Waals surface area contributed by atoms with Gasteiger partial charge in [-0.2, -0.15) is 0 Å². The Morgan fingerprint density at radius 1 is 1.90 bits per heavy atom. The van der Waals surface area contributed by atoms with Gasteiger partial charge in [0.2, 0.25) is 0 Å². The van der Waals surface area contributed by atoms with Crippen LogP contribution in [0.15, 0.2) is 0 Å². The molecule has 10 heavy (non-hydrogen) atoms. The Labute approximate surface area is 63.4 Å². The van der Waals surface area contributed by atoms with Crippen LogP contribution in [0, 0.1) is 12.3 Å². The summed E-state index contributed by atoms with van der Waals surface area (Å²) in [4.78, 5) is 8.88. The van der Waals surface area contributed by atoms with Gasteiger partial charge in [0.15, 0.2) is 0 Å². The first-order valence-corrected chi connectivity index (χ1v) is 5.93. The average Bonchev–Trinajstić information content (AvgIpc) is 1.86. The van der Waals surface area contributed by atoms with E-state index in [2.05, 4.69) is 10.4 Å². The fourth-order valence-electron chi connectivity index (χ4n) is 0.633. The monoisotopic (exact) mass is 178 g/mol. The lowest BCUT2D eigenvalue weighted by atomic mass is 10.3. The third-order valence-electron chi connectivity index (χ3n) is 1.08. The van der Waals surface area contributed by atoms with E-state index in [0.29, 0.717) is 12.2 Å². The van der Waals surface area contributed by atoms with Crippen molar-refractivity contribution < 1.29 is 14.0 Å². The molecule has 3 nitrogen and oxygen atoms in total. The summed E-state index contributed by atoms with van der Waals surface area (Å²) in [6.07, 6.45) is 5.19. The average molecular weight is 178 g/mol. The van der Waals surface area contributed by atoms with Gasteiger partial charge in [-0.3, -0.25) is 4.52 Å². The minimum Gasteiger partial charge on any atom is -0.316 e. The summed E-state index contributed by atoms with van der Waals surface area (Å²) >= 11 is 0.933. The van der Waals surface area contributed by atoms with Crippen LogP contribution in [0.25, 0.3) is 0 Å². The van der Waals surface area contributed by atoms with Gasteiger partial charge < -0.3 is 4.89 Å². The second kappa shape index (κ2) is 2.98. The molecule has 1 aliphatic rings. The molecule has 2 atom stereocenters. The van der Waals surface area contributed by atoms with Crippen molar-refractivity contribution in [2.75, 3.05) is 5.75 Å². The first-order valence-electron chi connectivity index (χ1n) is 2.76. The first-order chi connectivity index (χ1) is 4.64. The van der Waals surface area contributed by atoms with E-state index in [4.69, 9.17) is 11.3 Å². The number of terminal acetylenes is 1. The van der Waals surface area contributed by atoms with Crippen molar-refractivity contribution >= 4 is 18.2 Å². The van der Waals surface area contributed by atoms with E-state index in [1.807, 2.05) is 0 Å². The molecule has 2 unspecified atom stereocenters. The van der Waals surface area contributed by atoms with Crippen LogP contribution in [0.2, 0.25) is 0 Å². The van der Waals surface area contributed by atoms with E-state index < -0.39 is 12.9 Å². The van der Waals surface area contributed by atoms with E-state index in [-0.39, 0.29) is 0 Å². The van der Waals surface area contributed by atoms with Gasteiger partial charge in [-0.05, 0) is 17.8 Å². The van der Waals surface area contributed by atoms with Crippen molar-refractivity contribution in [3.63, 3.8) is 0 Å². The van der Waals surface area contributed by atoms with Crippen molar-refractivity contribution in [1.29, 1.82) is 0 Å². The highest BCUT2D eigenvalue weighted by Crippen LogP contribution is 2.59. The summed E-state index contributed by atoms with van der Waals surface area (Å²) in [5, 5.41) is 0. The molecule has 0 aromatic rings.